The molecule has 1 heterocycles. The van der Waals surface area contributed by atoms with Crippen LogP contribution in [0.5, 0.6) is 0 Å². The zero-order chi connectivity index (χ0) is 13.7. The molecule has 1 aliphatic heterocycles. The molecule has 0 N–H and O–H groups in total. The van der Waals surface area contributed by atoms with E-state index in [4.69, 9.17) is 14.2 Å². The van der Waals surface area contributed by atoms with Crippen LogP contribution in [0.15, 0.2) is 0 Å². The smallest absolute Gasteiger partial charge is 0.337 e. The summed E-state index contributed by atoms with van der Waals surface area (Å²) >= 11 is 0. The number of rotatable bonds is 3. The lowest BCUT2D eigenvalue weighted by Gasteiger charge is -2.29. The Balaban J connectivity index is 1.88. The van der Waals surface area contributed by atoms with Crippen molar-refractivity contribution >= 4 is 17.9 Å². The first-order chi connectivity index (χ1) is 9.08. The first-order valence-electron chi connectivity index (χ1n) is 6.12. The summed E-state index contributed by atoms with van der Waals surface area (Å²) in [6.07, 6.45) is -0.718. The van der Waals surface area contributed by atoms with Crippen molar-refractivity contribution in [3.63, 3.8) is 0 Å². The Labute approximate surface area is 108 Å². The van der Waals surface area contributed by atoms with E-state index in [0.29, 0.717) is 6.42 Å². The minimum absolute atomic E-state index is 0.140. The van der Waals surface area contributed by atoms with Gasteiger partial charge in [0.15, 0.2) is 6.67 Å². The van der Waals surface area contributed by atoms with Gasteiger partial charge in [0.25, 0.3) is 0 Å². The maximum Gasteiger partial charge on any atom is 0.337 e. The van der Waals surface area contributed by atoms with E-state index in [-0.39, 0.29) is 11.8 Å². The van der Waals surface area contributed by atoms with Crippen LogP contribution >= 0.6 is 0 Å². The molecule has 6 unspecified atom stereocenters. The Hall–Kier alpha value is -1.66. The highest BCUT2D eigenvalue weighted by Crippen LogP contribution is 2.58. The van der Waals surface area contributed by atoms with Crippen molar-refractivity contribution in [2.75, 3.05) is 13.8 Å². The number of fused-ring (bicyclic) bond motifs is 1. The number of alkyl halides is 1. The van der Waals surface area contributed by atoms with E-state index in [1.54, 1.807) is 0 Å². The van der Waals surface area contributed by atoms with E-state index >= 15 is 0 Å². The van der Waals surface area contributed by atoms with Gasteiger partial charge in [-0.3, -0.25) is 9.59 Å². The summed E-state index contributed by atoms with van der Waals surface area (Å²) in [5.41, 5.74) is 0. The lowest BCUT2D eigenvalue weighted by molar-refractivity contribution is -0.165. The SMILES string of the molecule is COC(=O)C1C2CC3C(OC(=O)C31)C2OC(=O)CF. The summed E-state index contributed by atoms with van der Waals surface area (Å²) in [7, 11) is 1.24. The molecule has 0 radical (unpaired) electrons. The largest absolute Gasteiger partial charge is 0.469 e. The average molecular weight is 272 g/mol. The number of methoxy groups -OCH3 is 1. The fraction of sp³-hybridized carbons (Fsp3) is 0.750. The molecule has 2 bridgehead atoms. The van der Waals surface area contributed by atoms with Crippen molar-refractivity contribution in [2.45, 2.75) is 18.6 Å². The summed E-state index contributed by atoms with van der Waals surface area (Å²) < 4.78 is 27.1. The lowest BCUT2D eigenvalue weighted by Crippen LogP contribution is -2.43. The molecule has 104 valence electrons. The quantitative estimate of drug-likeness (QED) is 0.525. The fourth-order valence-electron chi connectivity index (χ4n) is 3.79. The van der Waals surface area contributed by atoms with Crippen LogP contribution in [0.2, 0.25) is 0 Å². The van der Waals surface area contributed by atoms with Crippen LogP contribution in [-0.4, -0.2) is 43.9 Å². The second-order valence-electron chi connectivity index (χ2n) is 5.13. The Bertz CT molecular complexity index is 450. The molecule has 3 rings (SSSR count). The number of ether oxygens (including phenoxy) is 3. The van der Waals surface area contributed by atoms with E-state index in [9.17, 15) is 18.8 Å². The summed E-state index contributed by atoms with van der Waals surface area (Å²) in [5.74, 6) is -3.58. The Morgan fingerprint density at radius 1 is 1.42 bits per heavy atom. The van der Waals surface area contributed by atoms with Crippen LogP contribution in [0.1, 0.15) is 6.42 Å². The molecule has 3 aliphatic rings. The van der Waals surface area contributed by atoms with E-state index in [0.717, 1.165) is 0 Å². The van der Waals surface area contributed by atoms with Crippen molar-refractivity contribution in [2.24, 2.45) is 23.7 Å². The number of esters is 3. The van der Waals surface area contributed by atoms with Gasteiger partial charge in [-0.05, 0) is 6.42 Å². The van der Waals surface area contributed by atoms with Crippen LogP contribution in [0.3, 0.4) is 0 Å². The molecule has 0 aromatic carbocycles. The van der Waals surface area contributed by atoms with E-state index < -0.39 is 48.6 Å². The van der Waals surface area contributed by atoms with Gasteiger partial charge in [0, 0.05) is 11.8 Å². The fourth-order valence-corrected chi connectivity index (χ4v) is 3.79. The van der Waals surface area contributed by atoms with Gasteiger partial charge in [-0.2, -0.15) is 0 Å². The molecule has 0 amide bonds. The molecule has 0 aromatic rings. The number of hydrogen-bond donors (Lipinski definition) is 0. The molecule has 0 spiro atoms. The average Bonchev–Trinajstić information content (AvgIpc) is 3.00. The second kappa shape index (κ2) is 4.18. The summed E-state index contributed by atoms with van der Waals surface area (Å²) in [4.78, 5) is 34.7. The maximum absolute atomic E-state index is 12.2. The van der Waals surface area contributed by atoms with Crippen LogP contribution < -0.4 is 0 Å². The zero-order valence-corrected chi connectivity index (χ0v) is 10.2. The van der Waals surface area contributed by atoms with Crippen LogP contribution in [-0.2, 0) is 28.6 Å². The molecule has 7 heteroatoms. The Morgan fingerprint density at radius 2 is 2.16 bits per heavy atom. The van der Waals surface area contributed by atoms with Gasteiger partial charge in [-0.25, -0.2) is 9.18 Å². The number of carbonyl (C=O) groups is 3. The first kappa shape index (κ1) is 12.4. The van der Waals surface area contributed by atoms with Gasteiger partial charge in [-0.1, -0.05) is 0 Å². The molecule has 19 heavy (non-hydrogen) atoms. The van der Waals surface area contributed by atoms with Crippen LogP contribution in [0, 0.1) is 23.7 Å². The minimum Gasteiger partial charge on any atom is -0.469 e. The molecule has 1 saturated heterocycles. The van der Waals surface area contributed by atoms with Crippen molar-refractivity contribution in [3.05, 3.63) is 0 Å². The van der Waals surface area contributed by atoms with E-state index in [1.807, 2.05) is 0 Å². The third-order valence-electron chi connectivity index (χ3n) is 4.40. The molecular formula is C12H13FO6. The lowest BCUT2D eigenvalue weighted by atomic mass is 9.78. The van der Waals surface area contributed by atoms with Gasteiger partial charge in [0.05, 0.1) is 18.9 Å². The summed E-state index contributed by atoms with van der Waals surface area (Å²) in [5, 5.41) is 0. The normalized spacial score (nSPS) is 42.1. The minimum atomic E-state index is -1.24. The number of hydrogen-bond acceptors (Lipinski definition) is 6. The van der Waals surface area contributed by atoms with Gasteiger partial charge in [0.2, 0.25) is 0 Å². The number of halogens is 1. The highest BCUT2D eigenvalue weighted by atomic mass is 19.1. The molecule has 2 aliphatic carbocycles. The van der Waals surface area contributed by atoms with Crippen LogP contribution in [0.4, 0.5) is 4.39 Å². The van der Waals surface area contributed by atoms with E-state index in [1.165, 1.54) is 7.11 Å². The summed E-state index contributed by atoms with van der Waals surface area (Å²) in [6.45, 7) is -1.24. The van der Waals surface area contributed by atoms with Crippen molar-refractivity contribution < 1.29 is 33.0 Å². The third-order valence-corrected chi connectivity index (χ3v) is 4.40. The predicted octanol–water partition coefficient (Wildman–Crippen LogP) is -0.152. The molecular weight excluding hydrogens is 259 g/mol. The molecule has 6 atom stereocenters. The van der Waals surface area contributed by atoms with Gasteiger partial charge in [-0.15, -0.1) is 0 Å². The van der Waals surface area contributed by atoms with Crippen molar-refractivity contribution in [1.29, 1.82) is 0 Å². The standard InChI is InChI=1S/C12H13FO6/c1-17-11(15)7-4-2-5-8(7)12(16)19-10(5)9(4)18-6(14)3-13/h4-5,7-10H,2-3H2,1H3. The van der Waals surface area contributed by atoms with E-state index in [2.05, 4.69) is 0 Å². The van der Waals surface area contributed by atoms with Gasteiger partial charge < -0.3 is 14.2 Å². The number of carbonyl (C=O) groups excluding carboxylic acids is 3. The molecule has 2 saturated carbocycles. The van der Waals surface area contributed by atoms with Crippen molar-refractivity contribution in [3.8, 4) is 0 Å². The highest BCUT2D eigenvalue weighted by molar-refractivity contribution is 5.86. The predicted molar refractivity (Wildman–Crippen MR) is 56.3 cm³/mol. The van der Waals surface area contributed by atoms with Gasteiger partial charge in [0.1, 0.15) is 12.2 Å². The maximum atomic E-state index is 12.2. The molecule has 0 aromatic heterocycles. The van der Waals surface area contributed by atoms with Gasteiger partial charge >= 0.3 is 17.9 Å². The summed E-state index contributed by atoms with van der Waals surface area (Å²) in [6, 6.07) is 0. The topological polar surface area (TPSA) is 78.9 Å². The molecule has 6 nitrogen and oxygen atoms in total. The Morgan fingerprint density at radius 3 is 2.79 bits per heavy atom. The monoisotopic (exact) mass is 272 g/mol. The Kier molecular flexibility index (Phi) is 2.72. The first-order valence-corrected chi connectivity index (χ1v) is 6.12. The zero-order valence-electron chi connectivity index (χ0n) is 10.2. The highest BCUT2D eigenvalue weighted by Gasteiger charge is 2.70. The van der Waals surface area contributed by atoms with Crippen molar-refractivity contribution in [1.82, 2.24) is 0 Å². The third kappa shape index (κ3) is 1.56. The van der Waals surface area contributed by atoms with Crippen LogP contribution in [0.25, 0.3) is 0 Å². The second-order valence-corrected chi connectivity index (χ2v) is 5.13. The molecule has 3 fully saturated rings.